The van der Waals surface area contributed by atoms with Crippen molar-refractivity contribution in [3.05, 3.63) is 59.4 Å². The zero-order valence-electron chi connectivity index (χ0n) is 19.9. The molecule has 4 fully saturated rings. The minimum Gasteiger partial charge on any atom is -0.342 e. The van der Waals surface area contributed by atoms with Crippen LogP contribution < -0.4 is 10.2 Å². The number of anilines is 3. The summed E-state index contributed by atoms with van der Waals surface area (Å²) in [7, 11) is 0. The second kappa shape index (κ2) is 8.36. The molecule has 8 nitrogen and oxygen atoms in total. The van der Waals surface area contributed by atoms with E-state index in [1.54, 1.807) is 0 Å². The fourth-order valence-electron chi connectivity index (χ4n) is 5.92. The van der Waals surface area contributed by atoms with E-state index in [0.29, 0.717) is 23.7 Å². The largest absolute Gasteiger partial charge is 0.342 e. The highest BCUT2D eigenvalue weighted by atomic mass is 16.2. The molecule has 0 bridgehead atoms. The third-order valence-corrected chi connectivity index (χ3v) is 8.05. The lowest BCUT2D eigenvalue weighted by atomic mass is 10.1. The molecule has 2 saturated heterocycles. The molecule has 0 radical (unpaired) electrons. The van der Waals surface area contributed by atoms with Crippen LogP contribution >= 0.6 is 0 Å². The van der Waals surface area contributed by atoms with Crippen LogP contribution in [-0.2, 0) is 11.2 Å². The maximum absolute atomic E-state index is 12.9. The number of rotatable bonds is 7. The lowest BCUT2D eigenvalue weighted by Crippen LogP contribution is -2.34. The smallest absolute Gasteiger partial charge is 0.227 e. The van der Waals surface area contributed by atoms with Gasteiger partial charge in [0.15, 0.2) is 5.82 Å². The van der Waals surface area contributed by atoms with Gasteiger partial charge in [-0.05, 0) is 43.1 Å². The van der Waals surface area contributed by atoms with Gasteiger partial charge >= 0.3 is 0 Å². The molecule has 0 spiro atoms. The number of H-pyrrole nitrogens is 1. The van der Waals surface area contributed by atoms with Crippen LogP contribution in [0.5, 0.6) is 0 Å². The van der Waals surface area contributed by atoms with E-state index in [0.717, 1.165) is 68.7 Å². The van der Waals surface area contributed by atoms with Crippen molar-refractivity contribution in [3.63, 3.8) is 0 Å². The molecule has 2 saturated carbocycles. The number of nitrogens with one attached hydrogen (secondary N) is 2. The summed E-state index contributed by atoms with van der Waals surface area (Å²) in [6, 6.07) is 14.5. The van der Waals surface area contributed by atoms with Crippen molar-refractivity contribution in [2.24, 2.45) is 17.8 Å². The first kappa shape index (κ1) is 20.9. The monoisotopic (exact) mass is 469 g/mol. The second-order valence-electron chi connectivity index (χ2n) is 10.6. The van der Waals surface area contributed by atoms with Crippen LogP contribution in [-0.4, -0.2) is 57.2 Å². The molecule has 180 valence electrons. The number of amides is 1. The molecular weight excluding hydrogens is 438 g/mol. The van der Waals surface area contributed by atoms with Crippen molar-refractivity contribution >= 4 is 23.5 Å². The van der Waals surface area contributed by atoms with E-state index in [1.165, 1.54) is 24.1 Å². The predicted molar refractivity (Wildman–Crippen MR) is 134 cm³/mol. The Bertz CT molecular complexity index is 1220. The van der Waals surface area contributed by atoms with E-state index < -0.39 is 0 Å². The Labute approximate surface area is 205 Å². The highest BCUT2D eigenvalue weighted by Gasteiger charge is 2.60. The average Bonchev–Trinajstić information content (AvgIpc) is 3.58. The molecule has 35 heavy (non-hydrogen) atoms. The second-order valence-corrected chi connectivity index (χ2v) is 10.6. The third kappa shape index (κ3) is 4.15. The van der Waals surface area contributed by atoms with Gasteiger partial charge in [-0.25, -0.2) is 4.98 Å². The highest BCUT2D eigenvalue weighted by Crippen LogP contribution is 2.53. The summed E-state index contributed by atoms with van der Waals surface area (Å²) < 4.78 is 0. The topological polar surface area (TPSA) is 90.0 Å². The van der Waals surface area contributed by atoms with Gasteiger partial charge in [0.25, 0.3) is 0 Å². The van der Waals surface area contributed by atoms with Crippen molar-refractivity contribution in [3.8, 4) is 0 Å². The number of aromatic nitrogens is 4. The summed E-state index contributed by atoms with van der Waals surface area (Å²) in [5.74, 6) is 4.39. The average molecular weight is 470 g/mol. The van der Waals surface area contributed by atoms with Gasteiger partial charge in [0.1, 0.15) is 5.82 Å². The molecule has 2 aliphatic heterocycles. The standard InChI is InChI=1S/C27H31N7O/c35-26(33-10-4-5-11-33)25-20-15-34(16-21(20)25)27-28-19(12-17-6-2-1-3-7-17)13-23(30-27)29-24-14-22(31-32-24)18-8-9-18/h1-3,6-7,13-14,18,20-21,25H,4-5,8-12,15-16H2,(H2,28,29,30,31,32)/t20-,21+,25+. The molecule has 8 heteroatoms. The Kier molecular flexibility index (Phi) is 4.99. The van der Waals surface area contributed by atoms with E-state index in [1.807, 2.05) is 12.1 Å². The fourth-order valence-corrected chi connectivity index (χ4v) is 5.92. The summed E-state index contributed by atoms with van der Waals surface area (Å²) in [6.45, 7) is 3.59. The molecule has 4 aliphatic rings. The summed E-state index contributed by atoms with van der Waals surface area (Å²) in [5.41, 5.74) is 3.39. The minimum atomic E-state index is 0.208. The van der Waals surface area contributed by atoms with E-state index in [-0.39, 0.29) is 5.92 Å². The minimum absolute atomic E-state index is 0.208. The molecule has 3 aromatic rings. The first-order valence-corrected chi connectivity index (χ1v) is 13.0. The zero-order chi connectivity index (χ0) is 23.4. The highest BCUT2D eigenvalue weighted by molar-refractivity contribution is 5.83. The molecule has 7 rings (SSSR count). The van der Waals surface area contributed by atoms with Gasteiger partial charge in [-0.15, -0.1) is 0 Å². The molecule has 3 atom stereocenters. The van der Waals surface area contributed by atoms with Crippen LogP contribution in [0.25, 0.3) is 0 Å². The Balaban J connectivity index is 1.10. The molecule has 1 aromatic carbocycles. The normalized spacial score (nSPS) is 25.1. The molecule has 4 heterocycles. The molecule has 1 amide bonds. The van der Waals surface area contributed by atoms with Crippen LogP contribution in [0.15, 0.2) is 42.5 Å². The number of hydrogen-bond donors (Lipinski definition) is 2. The van der Waals surface area contributed by atoms with Crippen LogP contribution in [0.3, 0.4) is 0 Å². The quantitative estimate of drug-likeness (QED) is 0.548. The van der Waals surface area contributed by atoms with Crippen LogP contribution in [0.1, 0.15) is 48.6 Å². The number of nitrogens with zero attached hydrogens (tertiary/aromatic N) is 5. The van der Waals surface area contributed by atoms with Gasteiger partial charge in [-0.2, -0.15) is 10.1 Å². The Hall–Kier alpha value is -3.42. The Morgan fingerprint density at radius 3 is 2.51 bits per heavy atom. The predicted octanol–water partition coefficient (Wildman–Crippen LogP) is 3.72. The van der Waals surface area contributed by atoms with Crippen molar-refractivity contribution < 1.29 is 4.79 Å². The number of fused-ring (bicyclic) bond motifs is 1. The summed E-state index contributed by atoms with van der Waals surface area (Å²) in [6.07, 6.45) is 5.51. The lowest BCUT2D eigenvalue weighted by Gasteiger charge is -2.23. The van der Waals surface area contributed by atoms with Gasteiger partial charge in [0.05, 0.1) is 5.69 Å². The molecule has 2 aliphatic carbocycles. The number of likely N-dealkylation sites (tertiary alicyclic amines) is 1. The number of aromatic amines is 1. The maximum atomic E-state index is 12.9. The van der Waals surface area contributed by atoms with E-state index in [2.05, 4.69) is 55.6 Å². The SMILES string of the molecule is O=C([C@H]1[C@@H]2CN(c3nc(Cc4ccccc4)cc(Nc4cc(C5CC5)[nH]n4)n3)C[C@@H]21)N1CCCC1. The molecule has 2 aromatic heterocycles. The van der Waals surface area contributed by atoms with Gasteiger partial charge in [0, 0.05) is 62.3 Å². The van der Waals surface area contributed by atoms with E-state index in [4.69, 9.17) is 9.97 Å². The number of hydrogen-bond acceptors (Lipinski definition) is 6. The van der Waals surface area contributed by atoms with E-state index in [9.17, 15) is 4.79 Å². The summed E-state index contributed by atoms with van der Waals surface area (Å²) >= 11 is 0. The number of piperidine rings is 1. The maximum Gasteiger partial charge on any atom is 0.227 e. The number of benzene rings is 1. The third-order valence-electron chi connectivity index (χ3n) is 8.05. The van der Waals surface area contributed by atoms with Gasteiger partial charge in [-0.3, -0.25) is 9.89 Å². The van der Waals surface area contributed by atoms with Crippen molar-refractivity contribution in [1.29, 1.82) is 0 Å². The van der Waals surface area contributed by atoms with Crippen molar-refractivity contribution in [1.82, 2.24) is 25.1 Å². The van der Waals surface area contributed by atoms with E-state index >= 15 is 0 Å². The summed E-state index contributed by atoms with van der Waals surface area (Å²) in [5, 5.41) is 11.0. The first-order chi connectivity index (χ1) is 17.2. The Morgan fingerprint density at radius 2 is 1.77 bits per heavy atom. The lowest BCUT2D eigenvalue weighted by molar-refractivity contribution is -0.132. The van der Waals surface area contributed by atoms with Gasteiger partial charge in [-0.1, -0.05) is 30.3 Å². The molecule has 0 unspecified atom stereocenters. The van der Waals surface area contributed by atoms with Crippen molar-refractivity contribution in [2.45, 2.75) is 38.0 Å². The molecule has 2 N–H and O–H groups in total. The molecular formula is C27H31N7O. The van der Waals surface area contributed by atoms with Crippen LogP contribution in [0, 0.1) is 17.8 Å². The summed E-state index contributed by atoms with van der Waals surface area (Å²) in [4.78, 5) is 27.1. The fraction of sp³-hybridized carbons (Fsp3) is 0.481. The zero-order valence-corrected chi connectivity index (χ0v) is 19.9. The van der Waals surface area contributed by atoms with Gasteiger partial charge in [0.2, 0.25) is 11.9 Å². The number of carbonyl (C=O) groups excluding carboxylic acids is 1. The number of carbonyl (C=O) groups is 1. The van der Waals surface area contributed by atoms with Crippen molar-refractivity contribution in [2.75, 3.05) is 36.4 Å². The van der Waals surface area contributed by atoms with Gasteiger partial charge < -0.3 is 15.1 Å². The first-order valence-electron chi connectivity index (χ1n) is 13.0. The van der Waals surface area contributed by atoms with Crippen LogP contribution in [0.4, 0.5) is 17.6 Å². The van der Waals surface area contributed by atoms with Crippen LogP contribution in [0.2, 0.25) is 0 Å². The Morgan fingerprint density at radius 1 is 1.00 bits per heavy atom.